The fourth-order valence-electron chi connectivity index (χ4n) is 21.8. The van der Waals surface area contributed by atoms with Crippen LogP contribution < -0.4 is 4.90 Å². The molecule has 114 heavy (non-hydrogen) atoms. The number of hydrogen-bond acceptors (Lipinski definition) is 2. The predicted molar refractivity (Wildman–Crippen MR) is 472 cm³/mol. The van der Waals surface area contributed by atoms with Gasteiger partial charge in [-0.25, -0.2) is 0 Å². The Labute approximate surface area is 663 Å². The van der Waals surface area contributed by atoms with E-state index in [2.05, 4.69) is 413 Å². The van der Waals surface area contributed by atoms with Gasteiger partial charge in [0.15, 0.2) is 0 Å². The number of nitrogens with zero attached hydrogens (tertiary/aromatic N) is 1. The van der Waals surface area contributed by atoms with Crippen LogP contribution in [0.3, 0.4) is 0 Å². The number of hydrogen-bond donors (Lipinski definition) is 0. The van der Waals surface area contributed by atoms with E-state index >= 15 is 0 Å². The molecule has 0 bridgehead atoms. The molecular formula is C112H73NO. The van der Waals surface area contributed by atoms with Crippen molar-refractivity contribution in [2.24, 2.45) is 0 Å². The van der Waals surface area contributed by atoms with Crippen molar-refractivity contribution < 1.29 is 4.42 Å². The van der Waals surface area contributed by atoms with Crippen molar-refractivity contribution in [3.8, 4) is 100 Å². The van der Waals surface area contributed by atoms with Gasteiger partial charge >= 0.3 is 0 Å². The molecule has 2 unspecified atom stereocenters. The van der Waals surface area contributed by atoms with Gasteiger partial charge in [0.25, 0.3) is 0 Å². The highest BCUT2D eigenvalue weighted by atomic mass is 16.3. The number of benzene rings is 18. The molecule has 0 saturated heterocycles. The summed E-state index contributed by atoms with van der Waals surface area (Å²) in [4.78, 5) is 2.45. The summed E-state index contributed by atoms with van der Waals surface area (Å²) >= 11 is 0. The Morgan fingerprint density at radius 1 is 0.228 bits per heavy atom. The largest absolute Gasteiger partial charge is 0.456 e. The third-order valence-corrected chi connectivity index (χ3v) is 26.4. The van der Waals surface area contributed by atoms with E-state index in [0.717, 1.165) is 39.0 Å². The molecule has 0 N–H and O–H groups in total. The molecule has 2 spiro atoms. The summed E-state index contributed by atoms with van der Waals surface area (Å²) < 4.78 is 6.50. The molecule has 5 aliphatic rings. The van der Waals surface area contributed by atoms with E-state index < -0.39 is 10.8 Å². The smallest absolute Gasteiger partial charge is 0.135 e. The van der Waals surface area contributed by atoms with Gasteiger partial charge in [0.1, 0.15) is 11.2 Å². The van der Waals surface area contributed by atoms with Crippen LogP contribution >= 0.6 is 0 Å². The standard InChI is InChI=1S/C112H73NO/c1-110(2)94-42-17-11-33-84(94)90-41-23-39-79(109(90)110)70-54-59-77(60-55-70)113(76-28-7-4-8-29-76)103-65-63-81(80-30-9-10-35-86(80)103)89-40-25-48-101-108(89)92-62-56-74(67-102(92)112(101)95-43-18-12-31-82(95)83-32-13-19-44-96(83)112)73-58-64-99-93(66-73)85-34-14-20-45-97(85)111(99)98-46-21-15-37-91(98)107-78(38-24-47-100(107)111)69-50-52-72(53-51-69)106(71-26-5-3-6-27-71)75-57-61-88-87-36-16-22-49-104(87)114-105(88)68-75/h3-68,106H,1-2H3. The Hall–Kier alpha value is -14.2. The summed E-state index contributed by atoms with van der Waals surface area (Å²) in [7, 11) is 0. The summed E-state index contributed by atoms with van der Waals surface area (Å²) in [5, 5.41) is 4.66. The van der Waals surface area contributed by atoms with Gasteiger partial charge in [-0.2, -0.15) is 0 Å². The molecule has 18 aromatic carbocycles. The van der Waals surface area contributed by atoms with E-state index in [1.807, 2.05) is 6.07 Å². The monoisotopic (exact) mass is 1450 g/mol. The molecule has 0 fully saturated rings. The van der Waals surface area contributed by atoms with Crippen molar-refractivity contribution >= 4 is 49.8 Å². The molecule has 0 aliphatic heterocycles. The predicted octanol–water partition coefficient (Wildman–Crippen LogP) is 29.1. The second kappa shape index (κ2) is 24.4. The molecule has 1 heterocycles. The zero-order valence-electron chi connectivity index (χ0n) is 63.0. The highest BCUT2D eigenvalue weighted by Crippen LogP contribution is 2.67. The Bertz CT molecular complexity index is 7210. The Kier molecular flexibility index (Phi) is 13.8. The summed E-state index contributed by atoms with van der Waals surface area (Å²) in [5.41, 5.74) is 43.5. The Morgan fingerprint density at radius 3 is 1.37 bits per heavy atom. The van der Waals surface area contributed by atoms with Crippen molar-refractivity contribution in [2.75, 3.05) is 4.90 Å². The van der Waals surface area contributed by atoms with Crippen LogP contribution in [0.1, 0.15) is 92.1 Å². The maximum absolute atomic E-state index is 6.50. The maximum atomic E-state index is 6.50. The first-order chi connectivity index (χ1) is 56.3. The minimum atomic E-state index is -0.604. The molecule has 0 radical (unpaired) electrons. The number of rotatable bonds is 10. The number of fused-ring (bicyclic) bond motifs is 27. The molecule has 24 rings (SSSR count). The topological polar surface area (TPSA) is 16.4 Å². The van der Waals surface area contributed by atoms with Gasteiger partial charge in [-0.3, -0.25) is 0 Å². The Morgan fingerprint density at radius 2 is 0.658 bits per heavy atom. The van der Waals surface area contributed by atoms with Gasteiger partial charge in [-0.1, -0.05) is 360 Å². The van der Waals surface area contributed by atoms with E-state index in [9.17, 15) is 0 Å². The molecule has 0 saturated carbocycles. The first-order valence-corrected chi connectivity index (χ1v) is 40.1. The third-order valence-electron chi connectivity index (χ3n) is 26.4. The van der Waals surface area contributed by atoms with E-state index in [1.54, 1.807) is 0 Å². The first-order valence-electron chi connectivity index (χ1n) is 40.1. The van der Waals surface area contributed by atoms with Crippen LogP contribution in [0.5, 0.6) is 0 Å². The van der Waals surface area contributed by atoms with Crippen LogP contribution in [0.25, 0.3) is 133 Å². The van der Waals surface area contributed by atoms with Crippen molar-refractivity contribution in [3.05, 3.63) is 473 Å². The lowest BCUT2D eigenvalue weighted by Crippen LogP contribution is -2.26. The van der Waals surface area contributed by atoms with E-state index in [-0.39, 0.29) is 11.3 Å². The number of anilines is 3. The van der Waals surface area contributed by atoms with E-state index in [1.165, 1.54) is 183 Å². The SMILES string of the molecule is CC1(C)c2ccccc2-c2cccc(-c3ccc(N(c4ccccc4)c4ccc(-c5cccc6c5-c5ccc(-c7ccc8c(c7)-c7ccccc7C87c8ccccc8-c8c(-c9ccc(C(c%10ccccc%10)c%10ccc%11c(c%10)oc%10ccccc%10%11)cc9)cccc87)cc5C65c6ccccc6-c6ccccc65)c5ccccc45)cc3)c21. The summed E-state index contributed by atoms with van der Waals surface area (Å²) in [5.74, 6) is -0.000608. The summed E-state index contributed by atoms with van der Waals surface area (Å²) in [6.45, 7) is 4.76. The quantitative estimate of drug-likeness (QED) is 0.127. The van der Waals surface area contributed by atoms with Crippen molar-refractivity contribution in [2.45, 2.75) is 36.0 Å². The molecule has 0 amide bonds. The second-order valence-corrected chi connectivity index (χ2v) is 32.3. The van der Waals surface area contributed by atoms with Crippen LogP contribution in [0, 0.1) is 0 Å². The normalized spacial score (nSPS) is 15.1. The average Bonchev–Trinajstić information content (AvgIpc) is 1.51. The molecular weight excluding hydrogens is 1380 g/mol. The van der Waals surface area contributed by atoms with Gasteiger partial charge in [-0.05, 0) is 232 Å². The Balaban J connectivity index is 0.628. The van der Waals surface area contributed by atoms with Crippen LogP contribution in [-0.2, 0) is 16.2 Å². The van der Waals surface area contributed by atoms with Crippen LogP contribution in [0.2, 0.25) is 0 Å². The van der Waals surface area contributed by atoms with Crippen molar-refractivity contribution in [1.82, 2.24) is 0 Å². The molecule has 1 aromatic heterocycles. The van der Waals surface area contributed by atoms with Gasteiger partial charge < -0.3 is 9.32 Å². The highest BCUT2D eigenvalue weighted by Gasteiger charge is 2.54. The van der Waals surface area contributed by atoms with Crippen LogP contribution in [0.4, 0.5) is 17.1 Å². The molecule has 2 atom stereocenters. The fraction of sp³-hybridized carbons (Fsp3) is 0.0536. The molecule has 2 heteroatoms. The van der Waals surface area contributed by atoms with Gasteiger partial charge in [0, 0.05) is 38.9 Å². The highest BCUT2D eigenvalue weighted by molar-refractivity contribution is 6.11. The molecule has 19 aromatic rings. The van der Waals surface area contributed by atoms with Crippen molar-refractivity contribution in [3.63, 3.8) is 0 Å². The van der Waals surface area contributed by atoms with Crippen molar-refractivity contribution in [1.29, 1.82) is 0 Å². The van der Waals surface area contributed by atoms with Gasteiger partial charge in [-0.15, -0.1) is 0 Å². The minimum Gasteiger partial charge on any atom is -0.456 e. The maximum Gasteiger partial charge on any atom is 0.135 e. The lowest BCUT2D eigenvalue weighted by atomic mass is 9.70. The summed E-state index contributed by atoms with van der Waals surface area (Å²) in [6, 6.07) is 151. The zero-order chi connectivity index (χ0) is 75.1. The van der Waals surface area contributed by atoms with Crippen LogP contribution in [0.15, 0.2) is 405 Å². The number of para-hydroxylation sites is 2. The van der Waals surface area contributed by atoms with E-state index in [0.29, 0.717) is 0 Å². The molecule has 5 aliphatic carbocycles. The second-order valence-electron chi connectivity index (χ2n) is 32.3. The zero-order valence-corrected chi connectivity index (χ0v) is 63.0. The molecule has 2 nitrogen and oxygen atoms in total. The minimum absolute atomic E-state index is 0.000608. The third kappa shape index (κ3) is 8.91. The average molecular weight is 1450 g/mol. The van der Waals surface area contributed by atoms with Gasteiger partial charge in [0.2, 0.25) is 0 Å². The van der Waals surface area contributed by atoms with E-state index in [4.69, 9.17) is 4.42 Å². The van der Waals surface area contributed by atoms with Crippen LogP contribution in [-0.4, -0.2) is 0 Å². The fourth-order valence-corrected chi connectivity index (χ4v) is 21.8. The van der Waals surface area contributed by atoms with Gasteiger partial charge in [0.05, 0.1) is 16.5 Å². The lowest BCUT2D eigenvalue weighted by Gasteiger charge is -2.31. The lowest BCUT2D eigenvalue weighted by molar-refractivity contribution is 0.662. The summed E-state index contributed by atoms with van der Waals surface area (Å²) in [6.07, 6.45) is 0. The molecule has 532 valence electrons. The number of furan rings is 1. The first kappa shape index (κ1) is 64.6.